The number of hydrogen-bond donors (Lipinski definition) is 0. The molecule has 1 nitrogen and oxygen atoms in total. The lowest BCUT2D eigenvalue weighted by atomic mass is 9.95. The summed E-state index contributed by atoms with van der Waals surface area (Å²) in [7, 11) is 0. The van der Waals surface area contributed by atoms with Crippen molar-refractivity contribution in [2.45, 2.75) is 31.5 Å². The molecule has 1 heterocycles. The van der Waals surface area contributed by atoms with Gasteiger partial charge in [0.25, 0.3) is 0 Å². The van der Waals surface area contributed by atoms with Gasteiger partial charge in [0.1, 0.15) is 0 Å². The lowest BCUT2D eigenvalue weighted by Crippen LogP contribution is -2.35. The topological polar surface area (TPSA) is 3.24 Å². The fourth-order valence-corrected chi connectivity index (χ4v) is 3.38. The van der Waals surface area contributed by atoms with Crippen LogP contribution in [0.25, 0.3) is 0 Å². The van der Waals surface area contributed by atoms with Crippen molar-refractivity contribution >= 4 is 37.5 Å². The predicted octanol–water partition coefficient (Wildman–Crippen LogP) is 4.97. The Balaban J connectivity index is 2.22. The summed E-state index contributed by atoms with van der Waals surface area (Å²) in [6.07, 6.45) is 4.02. The molecule has 3 heteroatoms. The molecule has 0 aliphatic carbocycles. The van der Waals surface area contributed by atoms with E-state index in [9.17, 15) is 0 Å². The van der Waals surface area contributed by atoms with Gasteiger partial charge in [-0.3, -0.25) is 0 Å². The second-order valence-corrected chi connectivity index (χ2v) is 6.25. The Morgan fingerprint density at radius 1 is 1.41 bits per heavy atom. The molecule has 1 aliphatic rings. The number of piperidine rings is 1. The van der Waals surface area contributed by atoms with Crippen LogP contribution in [-0.4, -0.2) is 13.1 Å². The van der Waals surface area contributed by atoms with E-state index >= 15 is 0 Å². The summed E-state index contributed by atoms with van der Waals surface area (Å²) in [4.78, 5) is 2.55. The lowest BCUT2D eigenvalue weighted by Gasteiger charge is -2.35. The molecule has 1 saturated heterocycles. The smallest absolute Gasteiger partial charge is 0.0418 e. The Labute approximate surface area is 121 Å². The maximum Gasteiger partial charge on any atom is 0.0418 e. The Morgan fingerprint density at radius 3 is 2.94 bits per heavy atom. The van der Waals surface area contributed by atoms with Gasteiger partial charge in [0.15, 0.2) is 0 Å². The zero-order valence-corrected chi connectivity index (χ0v) is 13.4. The lowest BCUT2D eigenvalue weighted by molar-refractivity contribution is 0.404. The standard InChI is InChI=1S/C14H19Br2N/c1-2-11-4-3-7-17(10-11)14-8-13(16)6-5-12(14)9-15/h5-6,8,11H,2-4,7,9-10H2,1H3. The van der Waals surface area contributed by atoms with E-state index in [0.29, 0.717) is 0 Å². The summed E-state index contributed by atoms with van der Waals surface area (Å²) in [5.41, 5.74) is 2.79. The van der Waals surface area contributed by atoms with Crippen molar-refractivity contribution in [3.63, 3.8) is 0 Å². The number of anilines is 1. The monoisotopic (exact) mass is 359 g/mol. The molecule has 17 heavy (non-hydrogen) atoms. The van der Waals surface area contributed by atoms with Crippen molar-refractivity contribution in [1.82, 2.24) is 0 Å². The molecular formula is C14H19Br2N. The van der Waals surface area contributed by atoms with Gasteiger partial charge >= 0.3 is 0 Å². The van der Waals surface area contributed by atoms with Crippen LogP contribution in [0.2, 0.25) is 0 Å². The number of alkyl halides is 1. The first-order chi connectivity index (χ1) is 8.24. The van der Waals surface area contributed by atoms with Gasteiger partial charge in [0, 0.05) is 28.6 Å². The SMILES string of the molecule is CCC1CCCN(c2cc(Br)ccc2CBr)C1. The average molecular weight is 361 g/mol. The van der Waals surface area contributed by atoms with Crippen LogP contribution >= 0.6 is 31.9 Å². The van der Waals surface area contributed by atoms with Crippen molar-refractivity contribution in [3.8, 4) is 0 Å². The van der Waals surface area contributed by atoms with Gasteiger partial charge in [-0.05, 0) is 36.5 Å². The zero-order valence-electron chi connectivity index (χ0n) is 10.3. The van der Waals surface area contributed by atoms with E-state index in [1.807, 2.05) is 0 Å². The molecule has 0 radical (unpaired) electrons. The number of hydrogen-bond acceptors (Lipinski definition) is 1. The van der Waals surface area contributed by atoms with Crippen LogP contribution in [0.1, 0.15) is 31.7 Å². The fourth-order valence-electron chi connectivity index (χ4n) is 2.56. The molecule has 0 aromatic heterocycles. The Hall–Kier alpha value is -0.0200. The predicted molar refractivity (Wildman–Crippen MR) is 82.0 cm³/mol. The number of rotatable bonds is 3. The molecule has 1 aliphatic heterocycles. The van der Waals surface area contributed by atoms with E-state index in [1.54, 1.807) is 0 Å². The molecule has 1 aromatic carbocycles. The van der Waals surface area contributed by atoms with Gasteiger partial charge in [0.2, 0.25) is 0 Å². The third-order valence-electron chi connectivity index (χ3n) is 3.63. The fraction of sp³-hybridized carbons (Fsp3) is 0.571. The molecule has 1 aromatic rings. The van der Waals surface area contributed by atoms with Crippen LogP contribution in [0.5, 0.6) is 0 Å². The van der Waals surface area contributed by atoms with Crippen LogP contribution in [-0.2, 0) is 5.33 Å². The van der Waals surface area contributed by atoms with E-state index in [1.165, 1.54) is 48.1 Å². The molecular weight excluding hydrogens is 342 g/mol. The van der Waals surface area contributed by atoms with Gasteiger partial charge in [0.05, 0.1) is 0 Å². The third kappa shape index (κ3) is 3.25. The second-order valence-electron chi connectivity index (χ2n) is 4.77. The highest BCUT2D eigenvalue weighted by molar-refractivity contribution is 9.10. The number of benzene rings is 1. The molecule has 94 valence electrons. The normalized spacial score (nSPS) is 20.6. The summed E-state index contributed by atoms with van der Waals surface area (Å²) in [5, 5.41) is 0.933. The Morgan fingerprint density at radius 2 is 2.24 bits per heavy atom. The van der Waals surface area contributed by atoms with Crippen LogP contribution in [0.3, 0.4) is 0 Å². The molecule has 1 unspecified atom stereocenters. The van der Waals surface area contributed by atoms with E-state index in [0.717, 1.165) is 11.2 Å². The van der Waals surface area contributed by atoms with Crippen molar-refractivity contribution in [1.29, 1.82) is 0 Å². The summed E-state index contributed by atoms with van der Waals surface area (Å²) in [5.74, 6) is 0.867. The van der Waals surface area contributed by atoms with E-state index in [2.05, 4.69) is 61.9 Å². The molecule has 0 amide bonds. The van der Waals surface area contributed by atoms with Gasteiger partial charge in [-0.25, -0.2) is 0 Å². The van der Waals surface area contributed by atoms with Crippen molar-refractivity contribution in [3.05, 3.63) is 28.2 Å². The summed E-state index contributed by atoms with van der Waals surface area (Å²) in [6, 6.07) is 6.60. The molecule has 2 rings (SSSR count). The van der Waals surface area contributed by atoms with Crippen LogP contribution < -0.4 is 4.90 Å². The first kappa shape index (κ1) is 13.4. The first-order valence-corrected chi connectivity index (χ1v) is 8.25. The summed E-state index contributed by atoms with van der Waals surface area (Å²) in [6.45, 7) is 4.72. The highest BCUT2D eigenvalue weighted by Gasteiger charge is 2.20. The largest absolute Gasteiger partial charge is 0.371 e. The van der Waals surface area contributed by atoms with Gasteiger partial charge < -0.3 is 4.90 Å². The van der Waals surface area contributed by atoms with Gasteiger partial charge in [-0.1, -0.05) is 51.3 Å². The minimum atomic E-state index is 0.867. The molecule has 0 spiro atoms. The van der Waals surface area contributed by atoms with Crippen LogP contribution in [0, 0.1) is 5.92 Å². The zero-order chi connectivity index (χ0) is 12.3. The summed E-state index contributed by atoms with van der Waals surface area (Å²) >= 11 is 7.17. The maximum atomic E-state index is 3.59. The molecule has 0 bridgehead atoms. The minimum absolute atomic E-state index is 0.867. The van der Waals surface area contributed by atoms with Crippen molar-refractivity contribution in [2.75, 3.05) is 18.0 Å². The second kappa shape index (κ2) is 6.24. The first-order valence-electron chi connectivity index (χ1n) is 6.34. The summed E-state index contributed by atoms with van der Waals surface area (Å²) < 4.78 is 1.18. The Bertz CT molecular complexity index is 378. The van der Waals surface area contributed by atoms with Gasteiger partial charge in [-0.15, -0.1) is 0 Å². The van der Waals surface area contributed by atoms with E-state index < -0.39 is 0 Å². The quantitative estimate of drug-likeness (QED) is 0.688. The molecule has 0 saturated carbocycles. The highest BCUT2D eigenvalue weighted by atomic mass is 79.9. The number of halogens is 2. The van der Waals surface area contributed by atoms with Crippen LogP contribution in [0.4, 0.5) is 5.69 Å². The molecule has 1 fully saturated rings. The molecule has 0 N–H and O–H groups in total. The van der Waals surface area contributed by atoms with E-state index in [-0.39, 0.29) is 0 Å². The van der Waals surface area contributed by atoms with Crippen molar-refractivity contribution < 1.29 is 0 Å². The molecule has 1 atom stereocenters. The Kier molecular flexibility index (Phi) is 4.92. The highest BCUT2D eigenvalue weighted by Crippen LogP contribution is 2.31. The van der Waals surface area contributed by atoms with Crippen LogP contribution in [0.15, 0.2) is 22.7 Å². The third-order valence-corrected chi connectivity index (χ3v) is 4.73. The minimum Gasteiger partial charge on any atom is -0.371 e. The van der Waals surface area contributed by atoms with Gasteiger partial charge in [-0.2, -0.15) is 0 Å². The maximum absolute atomic E-state index is 3.59. The average Bonchev–Trinajstić information content (AvgIpc) is 2.39. The van der Waals surface area contributed by atoms with Crippen molar-refractivity contribution in [2.24, 2.45) is 5.92 Å². The number of nitrogens with zero attached hydrogens (tertiary/aromatic N) is 1. The van der Waals surface area contributed by atoms with E-state index in [4.69, 9.17) is 0 Å².